The third-order valence-electron chi connectivity index (χ3n) is 4.77. The fourth-order valence-corrected chi connectivity index (χ4v) is 3.81. The second-order valence-electron chi connectivity index (χ2n) is 6.49. The molecule has 0 aromatic heterocycles. The maximum atomic E-state index is 12.4. The molecule has 1 saturated heterocycles. The van der Waals surface area contributed by atoms with E-state index in [4.69, 9.17) is 4.74 Å². The first-order valence-electron chi connectivity index (χ1n) is 8.10. The molecule has 114 valence electrons. The van der Waals surface area contributed by atoms with Crippen LogP contribution in [0.2, 0.25) is 0 Å². The van der Waals surface area contributed by atoms with Crippen molar-refractivity contribution < 1.29 is 9.53 Å². The van der Waals surface area contributed by atoms with Crippen LogP contribution in [-0.4, -0.2) is 42.5 Å². The van der Waals surface area contributed by atoms with Crippen molar-refractivity contribution in [3.63, 3.8) is 0 Å². The fraction of sp³-hybridized carbons (Fsp3) is 0.611. The Labute approximate surface area is 127 Å². The van der Waals surface area contributed by atoms with Crippen molar-refractivity contribution in [2.45, 2.75) is 51.7 Å². The van der Waals surface area contributed by atoms with Crippen LogP contribution in [0.15, 0.2) is 18.2 Å². The molecule has 3 heteroatoms. The maximum absolute atomic E-state index is 12.4. The van der Waals surface area contributed by atoms with E-state index in [1.165, 1.54) is 30.4 Å². The van der Waals surface area contributed by atoms with E-state index in [0.29, 0.717) is 18.6 Å². The lowest BCUT2D eigenvalue weighted by molar-refractivity contribution is -0.0550. The quantitative estimate of drug-likeness (QED) is 0.797. The van der Waals surface area contributed by atoms with Gasteiger partial charge in [0.05, 0.1) is 12.7 Å². The standard InChI is InChI=1S/C18H25NO2/c1-13-10-14(2)12-15(11-13)17(20)6-7-19-8-9-21-18-5-3-4-16(18)19/h10-12,16,18H,3-9H2,1-2H3. The number of nitrogens with zero attached hydrogens (tertiary/aromatic N) is 1. The number of aryl methyl sites for hydroxylation is 2. The Morgan fingerprint density at radius 1 is 1.24 bits per heavy atom. The first-order chi connectivity index (χ1) is 10.1. The van der Waals surface area contributed by atoms with Gasteiger partial charge in [-0.25, -0.2) is 0 Å². The van der Waals surface area contributed by atoms with Gasteiger partial charge in [-0.1, -0.05) is 17.2 Å². The molecule has 1 aromatic rings. The topological polar surface area (TPSA) is 29.5 Å². The van der Waals surface area contributed by atoms with Gasteiger partial charge in [0, 0.05) is 31.1 Å². The Kier molecular flexibility index (Phi) is 4.41. The minimum Gasteiger partial charge on any atom is -0.375 e. The maximum Gasteiger partial charge on any atom is 0.164 e. The van der Waals surface area contributed by atoms with E-state index in [2.05, 4.69) is 24.8 Å². The van der Waals surface area contributed by atoms with Crippen LogP contribution in [0.25, 0.3) is 0 Å². The Hall–Kier alpha value is -1.19. The van der Waals surface area contributed by atoms with Gasteiger partial charge in [-0.05, 0) is 45.2 Å². The number of hydrogen-bond donors (Lipinski definition) is 0. The van der Waals surface area contributed by atoms with Gasteiger partial charge in [0.1, 0.15) is 0 Å². The third kappa shape index (κ3) is 3.35. The van der Waals surface area contributed by atoms with Crippen molar-refractivity contribution in [3.8, 4) is 0 Å². The van der Waals surface area contributed by atoms with Gasteiger partial charge in [-0.3, -0.25) is 9.69 Å². The number of Topliss-reactive ketones (excluding diaryl/α,β-unsaturated/α-hetero) is 1. The molecule has 1 aliphatic carbocycles. The van der Waals surface area contributed by atoms with E-state index >= 15 is 0 Å². The fourth-order valence-electron chi connectivity index (χ4n) is 3.81. The molecule has 1 aromatic carbocycles. The summed E-state index contributed by atoms with van der Waals surface area (Å²) in [6.07, 6.45) is 4.70. The summed E-state index contributed by atoms with van der Waals surface area (Å²) < 4.78 is 5.83. The molecule has 0 amide bonds. The smallest absolute Gasteiger partial charge is 0.164 e. The summed E-state index contributed by atoms with van der Waals surface area (Å²) in [6.45, 7) is 6.76. The number of morpholine rings is 1. The molecule has 3 rings (SSSR count). The highest BCUT2D eigenvalue weighted by molar-refractivity contribution is 5.96. The molecule has 0 N–H and O–H groups in total. The van der Waals surface area contributed by atoms with Gasteiger partial charge >= 0.3 is 0 Å². The van der Waals surface area contributed by atoms with E-state index in [1.807, 2.05) is 12.1 Å². The summed E-state index contributed by atoms with van der Waals surface area (Å²) in [6, 6.07) is 6.67. The second-order valence-corrected chi connectivity index (χ2v) is 6.49. The highest BCUT2D eigenvalue weighted by Gasteiger charge is 2.35. The summed E-state index contributed by atoms with van der Waals surface area (Å²) in [5.41, 5.74) is 3.20. The van der Waals surface area contributed by atoms with Crippen molar-refractivity contribution in [2.24, 2.45) is 0 Å². The lowest BCUT2D eigenvalue weighted by Gasteiger charge is -2.37. The summed E-state index contributed by atoms with van der Waals surface area (Å²) in [5.74, 6) is 0.267. The monoisotopic (exact) mass is 287 g/mol. The number of rotatable bonds is 4. The third-order valence-corrected chi connectivity index (χ3v) is 4.77. The van der Waals surface area contributed by atoms with Crippen LogP contribution in [-0.2, 0) is 4.74 Å². The number of carbonyl (C=O) groups excluding carboxylic acids is 1. The van der Waals surface area contributed by atoms with E-state index in [-0.39, 0.29) is 5.78 Å². The van der Waals surface area contributed by atoms with Crippen molar-refractivity contribution in [1.29, 1.82) is 0 Å². The zero-order valence-electron chi connectivity index (χ0n) is 13.1. The highest BCUT2D eigenvalue weighted by atomic mass is 16.5. The number of ether oxygens (including phenoxy) is 1. The van der Waals surface area contributed by atoms with Crippen molar-refractivity contribution in [3.05, 3.63) is 34.9 Å². The van der Waals surface area contributed by atoms with Crippen molar-refractivity contribution >= 4 is 5.78 Å². The molecule has 2 fully saturated rings. The molecular formula is C18H25NO2. The highest BCUT2D eigenvalue weighted by Crippen LogP contribution is 2.29. The number of benzene rings is 1. The van der Waals surface area contributed by atoms with E-state index in [1.54, 1.807) is 0 Å². The SMILES string of the molecule is Cc1cc(C)cc(C(=O)CCN2CCOC3CCCC32)c1. The van der Waals surface area contributed by atoms with Gasteiger partial charge in [0.2, 0.25) is 0 Å². The number of carbonyl (C=O) groups is 1. The van der Waals surface area contributed by atoms with Gasteiger partial charge in [-0.15, -0.1) is 0 Å². The Bertz CT molecular complexity index is 506. The first-order valence-corrected chi connectivity index (χ1v) is 8.10. The van der Waals surface area contributed by atoms with E-state index in [0.717, 1.165) is 25.3 Å². The van der Waals surface area contributed by atoms with Gasteiger partial charge in [0.15, 0.2) is 5.78 Å². The molecule has 21 heavy (non-hydrogen) atoms. The van der Waals surface area contributed by atoms with E-state index in [9.17, 15) is 4.79 Å². The normalized spacial score (nSPS) is 25.8. The predicted molar refractivity (Wildman–Crippen MR) is 83.8 cm³/mol. The largest absolute Gasteiger partial charge is 0.375 e. The average Bonchev–Trinajstić information content (AvgIpc) is 2.92. The lowest BCUT2D eigenvalue weighted by atomic mass is 10.0. The number of ketones is 1. The Morgan fingerprint density at radius 3 is 2.76 bits per heavy atom. The van der Waals surface area contributed by atoms with Crippen LogP contribution >= 0.6 is 0 Å². The van der Waals surface area contributed by atoms with Crippen molar-refractivity contribution in [1.82, 2.24) is 4.90 Å². The van der Waals surface area contributed by atoms with Gasteiger partial charge < -0.3 is 4.74 Å². The van der Waals surface area contributed by atoms with Crippen LogP contribution in [0.3, 0.4) is 0 Å². The number of fused-ring (bicyclic) bond motifs is 1. The minimum absolute atomic E-state index is 0.267. The molecule has 0 bridgehead atoms. The average molecular weight is 287 g/mol. The summed E-state index contributed by atoms with van der Waals surface area (Å²) in [7, 11) is 0. The molecular weight excluding hydrogens is 262 g/mol. The summed E-state index contributed by atoms with van der Waals surface area (Å²) >= 11 is 0. The number of hydrogen-bond acceptors (Lipinski definition) is 3. The molecule has 2 atom stereocenters. The van der Waals surface area contributed by atoms with Crippen LogP contribution in [0.4, 0.5) is 0 Å². The molecule has 1 heterocycles. The molecule has 1 aliphatic heterocycles. The molecule has 1 saturated carbocycles. The van der Waals surface area contributed by atoms with Crippen LogP contribution in [0.5, 0.6) is 0 Å². The molecule has 0 spiro atoms. The van der Waals surface area contributed by atoms with Crippen molar-refractivity contribution in [2.75, 3.05) is 19.7 Å². The molecule has 2 aliphatic rings. The second kappa shape index (κ2) is 6.29. The Balaban J connectivity index is 1.60. The summed E-state index contributed by atoms with van der Waals surface area (Å²) in [4.78, 5) is 14.9. The van der Waals surface area contributed by atoms with E-state index < -0.39 is 0 Å². The van der Waals surface area contributed by atoms with Crippen LogP contribution < -0.4 is 0 Å². The van der Waals surface area contributed by atoms with Crippen LogP contribution in [0, 0.1) is 13.8 Å². The zero-order chi connectivity index (χ0) is 14.8. The first kappa shape index (κ1) is 14.7. The molecule has 2 unspecified atom stereocenters. The zero-order valence-corrected chi connectivity index (χ0v) is 13.1. The summed E-state index contributed by atoms with van der Waals surface area (Å²) in [5, 5.41) is 0. The molecule has 3 nitrogen and oxygen atoms in total. The lowest BCUT2D eigenvalue weighted by Crippen LogP contribution is -2.49. The molecule has 0 radical (unpaired) electrons. The predicted octanol–water partition coefficient (Wildman–Crippen LogP) is 3.13. The van der Waals surface area contributed by atoms with Crippen LogP contribution in [0.1, 0.15) is 47.2 Å². The Morgan fingerprint density at radius 2 is 2.00 bits per heavy atom. The van der Waals surface area contributed by atoms with Gasteiger partial charge in [-0.2, -0.15) is 0 Å². The minimum atomic E-state index is 0.267. The van der Waals surface area contributed by atoms with Gasteiger partial charge in [0.25, 0.3) is 0 Å².